The first-order valence-corrected chi connectivity index (χ1v) is 12.4. The predicted molar refractivity (Wildman–Crippen MR) is 130 cm³/mol. The van der Waals surface area contributed by atoms with Gasteiger partial charge in [0, 0.05) is 11.8 Å². The largest absolute Gasteiger partial charge is 0.493 e. The summed E-state index contributed by atoms with van der Waals surface area (Å²) in [5.74, 6) is 1.53. The molecule has 1 unspecified atom stereocenters. The van der Waals surface area contributed by atoms with Crippen LogP contribution in [-0.4, -0.2) is 11.6 Å². The van der Waals surface area contributed by atoms with Crippen molar-refractivity contribution in [1.82, 2.24) is 4.98 Å². The monoisotopic (exact) mass is 409 g/mol. The molecule has 1 aromatic carbocycles. The Hall–Kier alpha value is -1.83. The summed E-state index contributed by atoms with van der Waals surface area (Å²) in [4.78, 5) is 4.69. The van der Waals surface area contributed by atoms with Crippen molar-refractivity contribution in [2.75, 3.05) is 6.61 Å². The van der Waals surface area contributed by atoms with E-state index in [-0.39, 0.29) is 0 Å². The third kappa shape index (κ3) is 9.78. The van der Waals surface area contributed by atoms with Crippen molar-refractivity contribution in [3.8, 4) is 17.0 Å². The first-order chi connectivity index (χ1) is 14.7. The molecular weight excluding hydrogens is 366 g/mol. The summed E-state index contributed by atoms with van der Waals surface area (Å²) in [5, 5.41) is 0. The summed E-state index contributed by atoms with van der Waals surface area (Å²) < 4.78 is 5.85. The molecule has 0 aliphatic rings. The molecule has 0 spiro atoms. The van der Waals surface area contributed by atoms with Crippen molar-refractivity contribution < 1.29 is 4.74 Å². The van der Waals surface area contributed by atoms with Gasteiger partial charge in [-0.3, -0.25) is 4.98 Å². The molecule has 0 fully saturated rings. The van der Waals surface area contributed by atoms with E-state index in [1.165, 1.54) is 69.8 Å². The first-order valence-electron chi connectivity index (χ1n) is 12.4. The molecule has 2 aromatic rings. The number of aromatic nitrogens is 1. The number of aryl methyl sites for hydroxylation is 1. The lowest BCUT2D eigenvalue weighted by Gasteiger charge is -2.11. The third-order valence-electron chi connectivity index (χ3n) is 6.03. The number of ether oxygens (including phenoxy) is 1. The minimum absolute atomic E-state index is 0.592. The number of rotatable bonds is 16. The topological polar surface area (TPSA) is 22.1 Å². The van der Waals surface area contributed by atoms with Crippen molar-refractivity contribution in [3.05, 3.63) is 48.2 Å². The van der Waals surface area contributed by atoms with Gasteiger partial charge in [-0.1, -0.05) is 91.0 Å². The number of pyridine rings is 1. The van der Waals surface area contributed by atoms with Crippen LogP contribution in [0.1, 0.15) is 97.0 Å². The zero-order valence-electron chi connectivity index (χ0n) is 19.7. The van der Waals surface area contributed by atoms with Crippen LogP contribution in [0.2, 0.25) is 0 Å². The van der Waals surface area contributed by atoms with Crippen molar-refractivity contribution in [1.29, 1.82) is 0 Å². The maximum atomic E-state index is 5.85. The molecule has 0 amide bonds. The highest BCUT2D eigenvalue weighted by Crippen LogP contribution is 2.22. The minimum atomic E-state index is 0.592. The summed E-state index contributed by atoms with van der Waals surface area (Å²) in [5.41, 5.74) is 3.54. The summed E-state index contributed by atoms with van der Waals surface area (Å²) in [7, 11) is 0. The second-order valence-electron chi connectivity index (χ2n) is 8.83. The fourth-order valence-corrected chi connectivity index (χ4v) is 3.64. The molecule has 0 aliphatic carbocycles. The second kappa shape index (κ2) is 15.0. The van der Waals surface area contributed by atoms with Gasteiger partial charge in [0.25, 0.3) is 0 Å². The highest BCUT2D eigenvalue weighted by Gasteiger charge is 2.03. The van der Waals surface area contributed by atoms with Crippen LogP contribution < -0.4 is 4.74 Å². The van der Waals surface area contributed by atoms with E-state index < -0.39 is 0 Å². The van der Waals surface area contributed by atoms with Crippen LogP contribution in [0.5, 0.6) is 5.75 Å². The Kier molecular flexibility index (Phi) is 12.3. The molecule has 166 valence electrons. The lowest BCUT2D eigenvalue weighted by Crippen LogP contribution is -2.06. The van der Waals surface area contributed by atoms with Gasteiger partial charge in [-0.15, -0.1) is 0 Å². The molecule has 1 atom stereocenters. The van der Waals surface area contributed by atoms with Gasteiger partial charge in [-0.05, 0) is 54.7 Å². The number of unbranched alkanes of at least 4 members (excludes halogenated alkanes) is 9. The van der Waals surface area contributed by atoms with E-state index in [2.05, 4.69) is 68.4 Å². The van der Waals surface area contributed by atoms with Crippen LogP contribution in [0.3, 0.4) is 0 Å². The van der Waals surface area contributed by atoms with Gasteiger partial charge in [0.15, 0.2) is 0 Å². The molecule has 0 saturated carbocycles. The Morgan fingerprint density at radius 2 is 1.40 bits per heavy atom. The van der Waals surface area contributed by atoms with Gasteiger partial charge in [-0.25, -0.2) is 0 Å². The smallest absolute Gasteiger partial charge is 0.119 e. The van der Waals surface area contributed by atoms with Gasteiger partial charge in [0.05, 0.1) is 12.3 Å². The maximum absolute atomic E-state index is 5.85. The molecule has 2 heteroatoms. The van der Waals surface area contributed by atoms with Crippen molar-refractivity contribution >= 4 is 0 Å². The van der Waals surface area contributed by atoms with Crippen molar-refractivity contribution in [3.63, 3.8) is 0 Å². The Balaban J connectivity index is 1.64. The zero-order chi connectivity index (χ0) is 21.4. The van der Waals surface area contributed by atoms with E-state index in [9.17, 15) is 0 Å². The summed E-state index contributed by atoms with van der Waals surface area (Å²) in [6.07, 6.45) is 18.2. The molecule has 30 heavy (non-hydrogen) atoms. The Labute approximate surface area is 185 Å². The molecular formula is C28H43NO. The number of hydrogen-bond acceptors (Lipinski definition) is 2. The van der Waals surface area contributed by atoms with E-state index in [0.717, 1.165) is 36.5 Å². The maximum Gasteiger partial charge on any atom is 0.119 e. The molecule has 0 N–H and O–H groups in total. The van der Waals surface area contributed by atoms with Gasteiger partial charge in [-0.2, -0.15) is 0 Å². The predicted octanol–water partition coefficient (Wildman–Crippen LogP) is 8.64. The molecule has 2 nitrogen and oxygen atoms in total. The molecule has 0 radical (unpaired) electrons. The highest BCUT2D eigenvalue weighted by atomic mass is 16.5. The van der Waals surface area contributed by atoms with E-state index >= 15 is 0 Å². The van der Waals surface area contributed by atoms with E-state index in [1.54, 1.807) is 0 Å². The summed E-state index contributed by atoms with van der Waals surface area (Å²) >= 11 is 0. The lowest BCUT2D eigenvalue weighted by atomic mass is 10.0. The van der Waals surface area contributed by atoms with E-state index in [1.807, 2.05) is 0 Å². The molecule has 0 saturated heterocycles. The number of hydrogen-bond donors (Lipinski definition) is 0. The van der Waals surface area contributed by atoms with Crippen LogP contribution in [0.25, 0.3) is 11.3 Å². The van der Waals surface area contributed by atoms with E-state index in [4.69, 9.17) is 4.74 Å². The van der Waals surface area contributed by atoms with Gasteiger partial charge >= 0.3 is 0 Å². The Bertz CT molecular complexity index is 662. The lowest BCUT2D eigenvalue weighted by molar-refractivity contribution is 0.256. The van der Waals surface area contributed by atoms with Gasteiger partial charge in [0.1, 0.15) is 5.75 Å². The van der Waals surface area contributed by atoms with Crippen LogP contribution in [-0.2, 0) is 6.42 Å². The minimum Gasteiger partial charge on any atom is -0.493 e. The molecule has 2 rings (SSSR count). The number of nitrogens with zero attached hydrogens (tertiary/aromatic N) is 1. The van der Waals surface area contributed by atoms with Crippen molar-refractivity contribution in [2.45, 2.75) is 97.8 Å². The van der Waals surface area contributed by atoms with E-state index in [0.29, 0.717) is 5.92 Å². The van der Waals surface area contributed by atoms with Crippen LogP contribution in [0, 0.1) is 5.92 Å². The molecule has 0 bridgehead atoms. The van der Waals surface area contributed by atoms with Crippen molar-refractivity contribution in [2.24, 2.45) is 5.92 Å². The average molecular weight is 410 g/mol. The summed E-state index contributed by atoms with van der Waals surface area (Å²) in [6.45, 7) is 7.48. The normalized spacial score (nSPS) is 12.1. The Morgan fingerprint density at radius 1 is 0.767 bits per heavy atom. The fraction of sp³-hybridized carbons (Fsp3) is 0.607. The van der Waals surface area contributed by atoms with Crippen LogP contribution in [0.15, 0.2) is 42.6 Å². The Morgan fingerprint density at radius 3 is 1.97 bits per heavy atom. The fourth-order valence-electron chi connectivity index (χ4n) is 3.64. The number of benzene rings is 1. The van der Waals surface area contributed by atoms with Crippen LogP contribution >= 0.6 is 0 Å². The van der Waals surface area contributed by atoms with Gasteiger partial charge < -0.3 is 4.74 Å². The standard InChI is InChI=1S/C28H43NO/c1-4-6-7-8-9-10-11-12-13-14-15-25-16-21-28(29-22-25)26-17-19-27(20-18-26)30-23-24(3)5-2/h16-22,24H,4-15,23H2,1-3H3. The average Bonchev–Trinajstić information content (AvgIpc) is 2.79. The zero-order valence-corrected chi connectivity index (χ0v) is 19.7. The first kappa shape index (κ1) is 24.4. The van der Waals surface area contributed by atoms with Crippen LogP contribution in [0.4, 0.5) is 0 Å². The summed E-state index contributed by atoms with van der Waals surface area (Å²) in [6, 6.07) is 12.7. The second-order valence-corrected chi connectivity index (χ2v) is 8.83. The highest BCUT2D eigenvalue weighted by molar-refractivity contribution is 5.60. The molecule has 1 heterocycles. The molecule has 1 aromatic heterocycles. The quantitative estimate of drug-likeness (QED) is 0.259. The SMILES string of the molecule is CCCCCCCCCCCCc1ccc(-c2ccc(OCC(C)CC)cc2)nc1. The third-order valence-corrected chi connectivity index (χ3v) is 6.03. The van der Waals surface area contributed by atoms with Gasteiger partial charge in [0.2, 0.25) is 0 Å². The molecule has 0 aliphatic heterocycles.